The van der Waals surface area contributed by atoms with Gasteiger partial charge in [-0.1, -0.05) is 43.3 Å². The minimum Gasteiger partial charge on any atom is -0.347 e. The molecule has 0 atom stereocenters. The van der Waals surface area contributed by atoms with E-state index in [4.69, 9.17) is 0 Å². The maximum Gasteiger partial charge on any atom is 0.271 e. The van der Waals surface area contributed by atoms with Crippen molar-refractivity contribution in [3.05, 3.63) is 123 Å². The highest BCUT2D eigenvalue weighted by Crippen LogP contribution is 2.18. The van der Waals surface area contributed by atoms with E-state index in [9.17, 15) is 18.4 Å². The summed E-state index contributed by atoms with van der Waals surface area (Å²) < 4.78 is 26.5. The number of carbonyl (C=O) groups is 2. The van der Waals surface area contributed by atoms with Gasteiger partial charge in [-0.3, -0.25) is 9.59 Å². The van der Waals surface area contributed by atoms with Gasteiger partial charge in [0.15, 0.2) is 0 Å². The fourth-order valence-corrected chi connectivity index (χ4v) is 4.39. The van der Waals surface area contributed by atoms with Crippen molar-refractivity contribution in [1.82, 2.24) is 15.2 Å². The number of aryl methyl sites for hydroxylation is 1. The molecule has 1 aromatic heterocycles. The average Bonchev–Trinajstić information content (AvgIpc) is 3.37. The molecule has 8 heteroatoms. The third kappa shape index (κ3) is 6.60. The lowest BCUT2D eigenvalue weighted by Crippen LogP contribution is -2.30. The van der Waals surface area contributed by atoms with Gasteiger partial charge in [-0.15, -0.1) is 11.3 Å². The lowest BCUT2D eigenvalue weighted by molar-refractivity contribution is 0.0730. The van der Waals surface area contributed by atoms with Crippen molar-refractivity contribution >= 4 is 23.2 Å². The van der Waals surface area contributed by atoms with Gasteiger partial charge in [0.25, 0.3) is 11.8 Å². The molecule has 0 aliphatic rings. The molecule has 0 aliphatic carbocycles. The van der Waals surface area contributed by atoms with Gasteiger partial charge in [0.05, 0.1) is 6.54 Å². The fourth-order valence-electron chi connectivity index (χ4n) is 3.60. The Morgan fingerprint density at radius 1 is 0.833 bits per heavy atom. The largest absolute Gasteiger partial charge is 0.347 e. The van der Waals surface area contributed by atoms with Crippen LogP contribution in [0.5, 0.6) is 0 Å². The van der Waals surface area contributed by atoms with Gasteiger partial charge < -0.3 is 10.2 Å². The second-order valence-electron chi connectivity index (χ2n) is 8.27. The zero-order chi connectivity index (χ0) is 25.5. The molecule has 0 radical (unpaired) electrons. The standard InChI is InChI=1S/C28H25F2N3O2S/c1-2-19-3-9-22(10-4-19)28(35)33(16-21-7-13-24(30)14-8-21)17-26-32-25(18-36-26)27(34)31-15-20-5-11-23(29)12-6-20/h3-14,18H,2,15-17H2,1H3,(H,31,34). The van der Waals surface area contributed by atoms with E-state index in [1.807, 2.05) is 19.1 Å². The number of benzene rings is 3. The van der Waals surface area contributed by atoms with Crippen LogP contribution in [0.1, 0.15) is 49.5 Å². The molecule has 2 amide bonds. The molecule has 3 aromatic carbocycles. The van der Waals surface area contributed by atoms with Crippen molar-refractivity contribution in [2.45, 2.75) is 33.0 Å². The van der Waals surface area contributed by atoms with E-state index < -0.39 is 0 Å². The topological polar surface area (TPSA) is 62.3 Å². The van der Waals surface area contributed by atoms with Crippen LogP contribution in [-0.4, -0.2) is 21.7 Å². The molecule has 0 aliphatic heterocycles. The maximum atomic E-state index is 13.4. The Balaban J connectivity index is 1.48. The van der Waals surface area contributed by atoms with Crippen molar-refractivity contribution in [3.8, 4) is 0 Å². The molecule has 184 valence electrons. The van der Waals surface area contributed by atoms with E-state index in [1.54, 1.807) is 46.7 Å². The van der Waals surface area contributed by atoms with Crippen LogP contribution in [0.2, 0.25) is 0 Å². The number of nitrogens with one attached hydrogen (secondary N) is 1. The summed E-state index contributed by atoms with van der Waals surface area (Å²) in [7, 11) is 0. The van der Waals surface area contributed by atoms with Gasteiger partial charge in [-0.05, 0) is 59.5 Å². The Bertz CT molecular complexity index is 1320. The Kier molecular flexibility index (Phi) is 8.17. The van der Waals surface area contributed by atoms with Crippen LogP contribution in [0, 0.1) is 11.6 Å². The Morgan fingerprint density at radius 3 is 2.03 bits per heavy atom. The molecule has 0 fully saturated rings. The zero-order valence-corrected chi connectivity index (χ0v) is 20.5. The van der Waals surface area contributed by atoms with Crippen LogP contribution in [0.25, 0.3) is 0 Å². The molecule has 36 heavy (non-hydrogen) atoms. The monoisotopic (exact) mass is 505 g/mol. The van der Waals surface area contributed by atoms with Crippen molar-refractivity contribution in [2.24, 2.45) is 0 Å². The molecule has 0 spiro atoms. The number of hydrogen-bond donors (Lipinski definition) is 1. The quantitative estimate of drug-likeness (QED) is 0.315. The number of carbonyl (C=O) groups excluding carboxylic acids is 2. The Hall–Kier alpha value is -3.91. The van der Waals surface area contributed by atoms with Crippen LogP contribution in [-0.2, 0) is 26.1 Å². The van der Waals surface area contributed by atoms with E-state index in [2.05, 4.69) is 10.3 Å². The Morgan fingerprint density at radius 2 is 1.42 bits per heavy atom. The highest BCUT2D eigenvalue weighted by atomic mass is 32.1. The highest BCUT2D eigenvalue weighted by Gasteiger charge is 2.20. The van der Waals surface area contributed by atoms with Gasteiger partial charge in [-0.25, -0.2) is 13.8 Å². The predicted octanol–water partition coefficient (Wildman–Crippen LogP) is 5.76. The molecule has 4 rings (SSSR count). The normalized spacial score (nSPS) is 10.8. The molecule has 5 nitrogen and oxygen atoms in total. The number of amides is 2. The number of halogens is 2. The van der Waals surface area contributed by atoms with Crippen molar-refractivity contribution in [1.29, 1.82) is 0 Å². The average molecular weight is 506 g/mol. The smallest absolute Gasteiger partial charge is 0.271 e. The van der Waals surface area contributed by atoms with Gasteiger partial charge >= 0.3 is 0 Å². The zero-order valence-electron chi connectivity index (χ0n) is 19.7. The van der Waals surface area contributed by atoms with Gasteiger partial charge in [0.1, 0.15) is 22.3 Å². The first-order valence-corrected chi connectivity index (χ1v) is 12.4. The first-order valence-electron chi connectivity index (χ1n) is 11.5. The van der Waals surface area contributed by atoms with E-state index in [0.717, 1.165) is 23.1 Å². The third-order valence-electron chi connectivity index (χ3n) is 5.66. The second-order valence-corrected chi connectivity index (χ2v) is 9.22. The van der Waals surface area contributed by atoms with Gasteiger partial charge in [-0.2, -0.15) is 0 Å². The summed E-state index contributed by atoms with van der Waals surface area (Å²) in [6.45, 7) is 2.75. The molecule has 0 saturated heterocycles. The van der Waals surface area contributed by atoms with E-state index >= 15 is 0 Å². The van der Waals surface area contributed by atoms with Crippen LogP contribution in [0.3, 0.4) is 0 Å². The minimum atomic E-state index is -0.353. The van der Waals surface area contributed by atoms with Crippen LogP contribution in [0.15, 0.2) is 78.2 Å². The van der Waals surface area contributed by atoms with Crippen LogP contribution >= 0.6 is 11.3 Å². The molecule has 0 saturated carbocycles. The van der Waals surface area contributed by atoms with E-state index in [1.165, 1.54) is 35.6 Å². The molecule has 0 unspecified atom stereocenters. The van der Waals surface area contributed by atoms with Crippen molar-refractivity contribution < 1.29 is 18.4 Å². The minimum absolute atomic E-state index is 0.181. The molecule has 1 heterocycles. The summed E-state index contributed by atoms with van der Waals surface area (Å²) in [5.41, 5.74) is 3.48. The first-order chi connectivity index (χ1) is 17.4. The molecule has 1 N–H and O–H groups in total. The number of nitrogens with zero attached hydrogens (tertiary/aromatic N) is 2. The first kappa shape index (κ1) is 25.2. The summed E-state index contributed by atoms with van der Waals surface area (Å²) in [6, 6.07) is 19.4. The van der Waals surface area contributed by atoms with Gasteiger partial charge in [0.2, 0.25) is 0 Å². The summed E-state index contributed by atoms with van der Waals surface area (Å²) in [5.74, 6) is -1.22. The third-order valence-corrected chi connectivity index (χ3v) is 6.49. The van der Waals surface area contributed by atoms with Crippen molar-refractivity contribution in [3.63, 3.8) is 0 Å². The van der Waals surface area contributed by atoms with Gasteiger partial charge in [0, 0.05) is 24.0 Å². The van der Waals surface area contributed by atoms with Crippen molar-refractivity contribution in [2.75, 3.05) is 0 Å². The number of aromatic nitrogens is 1. The lowest BCUT2D eigenvalue weighted by atomic mass is 10.1. The molecule has 4 aromatic rings. The molecule has 0 bridgehead atoms. The maximum absolute atomic E-state index is 13.4. The summed E-state index contributed by atoms with van der Waals surface area (Å²) in [4.78, 5) is 32.0. The molecular formula is C28H25F2N3O2S. The van der Waals surface area contributed by atoms with E-state index in [-0.39, 0.29) is 48.8 Å². The predicted molar refractivity (Wildman–Crippen MR) is 135 cm³/mol. The second kappa shape index (κ2) is 11.7. The van der Waals surface area contributed by atoms with Crippen LogP contribution in [0.4, 0.5) is 8.78 Å². The van der Waals surface area contributed by atoms with Crippen LogP contribution < -0.4 is 5.32 Å². The molecular weight excluding hydrogens is 480 g/mol. The highest BCUT2D eigenvalue weighted by molar-refractivity contribution is 7.09. The van der Waals surface area contributed by atoms with E-state index in [0.29, 0.717) is 10.6 Å². The summed E-state index contributed by atoms with van der Waals surface area (Å²) in [6.07, 6.45) is 0.874. The fraction of sp³-hybridized carbons (Fsp3) is 0.179. The number of hydrogen-bond acceptors (Lipinski definition) is 4. The number of thiazole rings is 1. The summed E-state index contributed by atoms with van der Waals surface area (Å²) >= 11 is 1.29. The Labute approximate surface area is 212 Å². The number of rotatable bonds is 9. The SMILES string of the molecule is CCc1ccc(C(=O)N(Cc2ccc(F)cc2)Cc2nc(C(=O)NCc3ccc(F)cc3)cs2)cc1. The summed E-state index contributed by atoms with van der Waals surface area (Å²) in [5, 5.41) is 5.02. The lowest BCUT2D eigenvalue weighted by Gasteiger charge is -2.22.